The van der Waals surface area contributed by atoms with Gasteiger partial charge in [-0.05, 0) is 31.5 Å². The average molecular weight is 350 g/mol. The zero-order valence-electron chi connectivity index (χ0n) is 13.9. The summed E-state index contributed by atoms with van der Waals surface area (Å²) in [6.45, 7) is 3.43. The van der Waals surface area contributed by atoms with Gasteiger partial charge in [-0.2, -0.15) is 0 Å². The highest BCUT2D eigenvalue weighted by Crippen LogP contribution is 2.46. The lowest BCUT2D eigenvalue weighted by atomic mass is 9.78. The van der Waals surface area contributed by atoms with Crippen molar-refractivity contribution in [2.75, 3.05) is 0 Å². The van der Waals surface area contributed by atoms with E-state index < -0.39 is 0 Å². The third-order valence-electron chi connectivity index (χ3n) is 4.83. The van der Waals surface area contributed by atoms with Crippen molar-refractivity contribution in [3.05, 3.63) is 87.1 Å². The molecule has 0 saturated heterocycles. The minimum atomic E-state index is -0.383. The number of nitrogens with one attached hydrogen (secondary N) is 1. The molecule has 0 spiro atoms. The summed E-state index contributed by atoms with van der Waals surface area (Å²) in [4.78, 5) is 25.5. The number of dihydropyridines is 1. The quantitative estimate of drug-likeness (QED) is 0.868. The molecule has 4 heteroatoms. The summed E-state index contributed by atoms with van der Waals surface area (Å²) in [6.07, 6.45) is 0. The van der Waals surface area contributed by atoms with Crippen LogP contribution in [-0.2, 0) is 4.79 Å². The minimum Gasteiger partial charge on any atom is -0.358 e. The van der Waals surface area contributed by atoms with Crippen LogP contribution in [0.5, 0.6) is 0 Å². The average Bonchev–Trinajstić information content (AvgIpc) is 2.87. The molecular formula is C21H16ClNO2. The standard InChI is InChI=1S/C21H16ClNO2/c1-11-17(12(2)24)18(13-7-9-14(22)10-8-13)19-20(23-11)15-5-3-4-6-16(15)21(19)25/h3-10,18,23H,1-2H3. The molecule has 1 aliphatic carbocycles. The second kappa shape index (κ2) is 5.71. The molecule has 2 aliphatic rings. The van der Waals surface area contributed by atoms with Gasteiger partial charge in [0, 0.05) is 38.9 Å². The van der Waals surface area contributed by atoms with Crippen molar-refractivity contribution in [2.45, 2.75) is 19.8 Å². The van der Waals surface area contributed by atoms with Crippen molar-refractivity contribution < 1.29 is 9.59 Å². The molecule has 0 amide bonds. The van der Waals surface area contributed by atoms with E-state index in [0.29, 0.717) is 21.7 Å². The smallest absolute Gasteiger partial charge is 0.192 e. The molecule has 1 heterocycles. The van der Waals surface area contributed by atoms with Crippen LogP contribution in [0, 0.1) is 0 Å². The lowest BCUT2D eigenvalue weighted by molar-refractivity contribution is -0.113. The Labute approximate surface area is 151 Å². The number of Topliss-reactive ketones (excluding diaryl/α,β-unsaturated/α-hetero) is 2. The van der Waals surface area contributed by atoms with Crippen LogP contribution >= 0.6 is 11.6 Å². The first kappa shape index (κ1) is 15.9. The van der Waals surface area contributed by atoms with E-state index in [1.54, 1.807) is 19.1 Å². The van der Waals surface area contributed by atoms with Gasteiger partial charge in [0.25, 0.3) is 0 Å². The van der Waals surface area contributed by atoms with Crippen molar-refractivity contribution in [1.82, 2.24) is 5.32 Å². The number of halogens is 1. The van der Waals surface area contributed by atoms with Crippen LogP contribution in [-0.4, -0.2) is 11.6 Å². The lowest BCUT2D eigenvalue weighted by Gasteiger charge is -2.29. The summed E-state index contributed by atoms with van der Waals surface area (Å²) in [5.41, 5.74) is 5.32. The maximum absolute atomic E-state index is 13.1. The molecule has 0 saturated carbocycles. The highest BCUT2D eigenvalue weighted by Gasteiger charge is 2.41. The zero-order chi connectivity index (χ0) is 17.7. The van der Waals surface area contributed by atoms with Crippen molar-refractivity contribution in [1.29, 1.82) is 0 Å². The fourth-order valence-electron chi connectivity index (χ4n) is 3.78. The molecule has 0 fully saturated rings. The third kappa shape index (κ3) is 2.35. The molecule has 1 N–H and O–H groups in total. The van der Waals surface area contributed by atoms with E-state index in [2.05, 4.69) is 5.32 Å². The van der Waals surface area contributed by atoms with Crippen molar-refractivity contribution in [3.63, 3.8) is 0 Å². The van der Waals surface area contributed by atoms with Crippen LogP contribution in [0.2, 0.25) is 5.02 Å². The van der Waals surface area contributed by atoms with E-state index in [-0.39, 0.29) is 17.5 Å². The van der Waals surface area contributed by atoms with Crippen molar-refractivity contribution in [2.24, 2.45) is 0 Å². The van der Waals surface area contributed by atoms with E-state index in [1.807, 2.05) is 43.3 Å². The maximum atomic E-state index is 13.1. The van der Waals surface area contributed by atoms with Gasteiger partial charge in [0.2, 0.25) is 0 Å². The minimum absolute atomic E-state index is 0.0238. The Hall–Kier alpha value is -2.65. The molecule has 25 heavy (non-hydrogen) atoms. The second-order valence-corrected chi connectivity index (χ2v) is 6.80. The summed E-state index contributed by atoms with van der Waals surface area (Å²) in [7, 11) is 0. The Kier molecular flexibility index (Phi) is 3.62. The van der Waals surface area contributed by atoms with Gasteiger partial charge in [-0.1, -0.05) is 48.0 Å². The Balaban J connectivity index is 1.96. The summed E-state index contributed by atoms with van der Waals surface area (Å²) < 4.78 is 0. The van der Waals surface area contributed by atoms with Crippen LogP contribution in [0.1, 0.15) is 41.3 Å². The first-order chi connectivity index (χ1) is 12.0. The Morgan fingerprint density at radius 3 is 2.32 bits per heavy atom. The normalized spacial score (nSPS) is 18.8. The zero-order valence-corrected chi connectivity index (χ0v) is 14.6. The number of hydrogen-bond donors (Lipinski definition) is 1. The summed E-state index contributed by atoms with van der Waals surface area (Å²) in [6, 6.07) is 14.9. The van der Waals surface area contributed by atoms with Crippen LogP contribution in [0.25, 0.3) is 5.70 Å². The molecule has 2 aromatic carbocycles. The number of ketones is 2. The van der Waals surface area contributed by atoms with Gasteiger partial charge in [0.05, 0.1) is 5.70 Å². The molecule has 1 aliphatic heterocycles. The van der Waals surface area contributed by atoms with Crippen LogP contribution < -0.4 is 5.32 Å². The van der Waals surface area contributed by atoms with Gasteiger partial charge in [0.1, 0.15) is 0 Å². The second-order valence-electron chi connectivity index (χ2n) is 6.37. The SMILES string of the molecule is CC(=O)C1=C(C)NC2=C(C(=O)c3ccccc32)C1c1ccc(Cl)cc1. The topological polar surface area (TPSA) is 46.2 Å². The Morgan fingerprint density at radius 2 is 1.68 bits per heavy atom. The summed E-state index contributed by atoms with van der Waals surface area (Å²) >= 11 is 6.02. The highest BCUT2D eigenvalue weighted by atomic mass is 35.5. The lowest BCUT2D eigenvalue weighted by Crippen LogP contribution is -2.27. The molecule has 1 atom stereocenters. The number of rotatable bonds is 2. The Morgan fingerprint density at radius 1 is 1.04 bits per heavy atom. The number of carbonyl (C=O) groups is 2. The fraction of sp³-hybridized carbons (Fsp3) is 0.143. The first-order valence-corrected chi connectivity index (χ1v) is 8.49. The van der Waals surface area contributed by atoms with Gasteiger partial charge in [-0.25, -0.2) is 0 Å². The monoisotopic (exact) mass is 349 g/mol. The molecule has 0 aromatic heterocycles. The molecule has 0 radical (unpaired) electrons. The highest BCUT2D eigenvalue weighted by molar-refractivity contribution is 6.30. The van der Waals surface area contributed by atoms with Gasteiger partial charge in [-0.15, -0.1) is 0 Å². The predicted octanol–water partition coefficient (Wildman–Crippen LogP) is 4.50. The molecule has 2 aromatic rings. The number of benzene rings is 2. The molecule has 124 valence electrons. The number of carbonyl (C=O) groups excluding carboxylic acids is 2. The fourth-order valence-corrected chi connectivity index (χ4v) is 3.91. The van der Waals surface area contributed by atoms with Crippen LogP contribution in [0.4, 0.5) is 0 Å². The molecule has 1 unspecified atom stereocenters. The molecular weight excluding hydrogens is 334 g/mol. The van der Waals surface area contributed by atoms with E-state index in [9.17, 15) is 9.59 Å². The van der Waals surface area contributed by atoms with Gasteiger partial charge in [-0.3, -0.25) is 9.59 Å². The number of hydrogen-bond acceptors (Lipinski definition) is 3. The van der Waals surface area contributed by atoms with Gasteiger partial charge < -0.3 is 5.32 Å². The van der Waals surface area contributed by atoms with E-state index >= 15 is 0 Å². The predicted molar refractivity (Wildman–Crippen MR) is 98.4 cm³/mol. The van der Waals surface area contributed by atoms with E-state index in [1.165, 1.54) is 0 Å². The van der Waals surface area contributed by atoms with Crippen LogP contribution in [0.3, 0.4) is 0 Å². The molecule has 0 bridgehead atoms. The van der Waals surface area contributed by atoms with E-state index in [0.717, 1.165) is 22.5 Å². The first-order valence-electron chi connectivity index (χ1n) is 8.11. The van der Waals surface area contributed by atoms with Crippen molar-refractivity contribution in [3.8, 4) is 0 Å². The van der Waals surface area contributed by atoms with Gasteiger partial charge >= 0.3 is 0 Å². The number of allylic oxidation sites excluding steroid dienone is 3. The summed E-state index contributed by atoms with van der Waals surface area (Å²) in [5, 5.41) is 3.92. The maximum Gasteiger partial charge on any atom is 0.192 e. The molecule has 4 rings (SSSR count). The van der Waals surface area contributed by atoms with E-state index in [4.69, 9.17) is 11.6 Å². The van der Waals surface area contributed by atoms with Crippen LogP contribution in [0.15, 0.2) is 65.4 Å². The largest absolute Gasteiger partial charge is 0.358 e. The summed E-state index contributed by atoms with van der Waals surface area (Å²) in [5.74, 6) is -0.449. The Bertz CT molecular complexity index is 983. The molecule has 3 nitrogen and oxygen atoms in total. The third-order valence-corrected chi connectivity index (χ3v) is 5.08. The van der Waals surface area contributed by atoms with Crippen molar-refractivity contribution >= 4 is 28.9 Å². The van der Waals surface area contributed by atoms with Gasteiger partial charge in [0.15, 0.2) is 11.6 Å². The number of fused-ring (bicyclic) bond motifs is 2.